The number of nitrogens with zero attached hydrogens (tertiary/aromatic N) is 5. The molecule has 0 saturated heterocycles. The molecule has 0 fully saturated rings. The molecule has 4 aromatic carbocycles. The maximum atomic E-state index is 9.16. The number of rotatable bonds is 4. The summed E-state index contributed by atoms with van der Waals surface area (Å²) in [7, 11) is 0. The molecule has 0 atom stereocenters. The van der Waals surface area contributed by atoms with E-state index in [4.69, 9.17) is 15.2 Å². The standard InChI is InChI=1S/C38H27N5/c39-21-25-5-6-28-20-29(8-7-27(28)19-25)31-12-16-36(42-23-31)35-15-11-30(22-41-35)26-9-13-32(14-10-26)43-37-4-2-1-3-33(37)34-17-18-40-24-38(34)43/h1-10,12-14,16,19-20,22-24H,11,15,17-18H2. The molecule has 0 aliphatic carbocycles. The molecule has 2 aliphatic heterocycles. The van der Waals surface area contributed by atoms with E-state index in [0.29, 0.717) is 5.56 Å². The third-order valence-corrected chi connectivity index (χ3v) is 8.59. The van der Waals surface area contributed by atoms with Crippen LogP contribution in [-0.4, -0.2) is 28.0 Å². The summed E-state index contributed by atoms with van der Waals surface area (Å²) in [6, 6.07) is 35.9. The monoisotopic (exact) mass is 553 g/mol. The van der Waals surface area contributed by atoms with E-state index in [1.807, 2.05) is 36.8 Å². The Hall–Kier alpha value is -5.60. The number of aliphatic imine (C=N–C) groups is 2. The van der Waals surface area contributed by atoms with Crippen LogP contribution in [-0.2, 0) is 6.42 Å². The molecule has 204 valence electrons. The summed E-state index contributed by atoms with van der Waals surface area (Å²) in [5.74, 6) is 0. The van der Waals surface area contributed by atoms with E-state index in [2.05, 4.69) is 94.5 Å². The quantitative estimate of drug-likeness (QED) is 0.220. The molecular formula is C38H27N5. The molecule has 0 amide bonds. The lowest BCUT2D eigenvalue weighted by Gasteiger charge is -2.16. The summed E-state index contributed by atoms with van der Waals surface area (Å²) in [6.07, 6.45) is 8.71. The van der Waals surface area contributed by atoms with Crippen LogP contribution < -0.4 is 0 Å². The Labute approximate surface area is 249 Å². The third-order valence-electron chi connectivity index (χ3n) is 8.59. The van der Waals surface area contributed by atoms with Crippen molar-refractivity contribution in [2.45, 2.75) is 19.3 Å². The van der Waals surface area contributed by atoms with Crippen molar-refractivity contribution >= 4 is 39.2 Å². The number of hydrogen-bond acceptors (Lipinski definition) is 4. The van der Waals surface area contributed by atoms with E-state index in [1.165, 1.54) is 33.3 Å². The van der Waals surface area contributed by atoms with Crippen LogP contribution in [0.25, 0.3) is 44.1 Å². The highest BCUT2D eigenvalue weighted by Gasteiger charge is 2.19. The van der Waals surface area contributed by atoms with E-state index in [9.17, 15) is 0 Å². The van der Waals surface area contributed by atoms with Gasteiger partial charge in [-0.2, -0.15) is 5.26 Å². The highest BCUT2D eigenvalue weighted by molar-refractivity contribution is 6.02. The second kappa shape index (κ2) is 10.3. The SMILES string of the molecule is N#Cc1ccc2cc(-c3ccc(C4=NC=C(c5ccc(-n6c7c(c8ccccc86)CCN=C7)cc5)CC4)nc3)ccc2c1. The van der Waals surface area contributed by atoms with E-state index in [-0.39, 0.29) is 0 Å². The molecule has 0 saturated carbocycles. The van der Waals surface area contributed by atoms with Gasteiger partial charge in [-0.15, -0.1) is 0 Å². The van der Waals surface area contributed by atoms with Gasteiger partial charge in [0, 0.05) is 41.8 Å². The molecule has 5 heteroatoms. The van der Waals surface area contributed by atoms with Crippen LogP contribution in [0.2, 0.25) is 0 Å². The summed E-state index contributed by atoms with van der Waals surface area (Å²) < 4.78 is 2.33. The van der Waals surface area contributed by atoms with Gasteiger partial charge in [-0.05, 0) is 94.8 Å². The summed E-state index contributed by atoms with van der Waals surface area (Å²) in [5.41, 5.74) is 12.2. The normalized spacial score (nSPS) is 14.3. The first-order valence-electron chi connectivity index (χ1n) is 14.6. The molecule has 8 rings (SSSR count). The first-order valence-corrected chi connectivity index (χ1v) is 14.6. The minimum Gasteiger partial charge on any atom is -0.308 e. The molecule has 0 radical (unpaired) electrons. The Balaban J connectivity index is 1.03. The number of aromatic nitrogens is 2. The Kier molecular flexibility index (Phi) is 6.05. The van der Waals surface area contributed by atoms with Crippen molar-refractivity contribution in [1.82, 2.24) is 9.55 Å². The van der Waals surface area contributed by atoms with Crippen LogP contribution in [0.4, 0.5) is 0 Å². The van der Waals surface area contributed by atoms with Crippen LogP contribution in [0.3, 0.4) is 0 Å². The van der Waals surface area contributed by atoms with Gasteiger partial charge in [0.2, 0.25) is 0 Å². The van der Waals surface area contributed by atoms with Crippen molar-refractivity contribution < 1.29 is 0 Å². The van der Waals surface area contributed by atoms with E-state index in [0.717, 1.165) is 64.8 Å². The summed E-state index contributed by atoms with van der Waals surface area (Å²) >= 11 is 0. The lowest BCUT2D eigenvalue weighted by Crippen LogP contribution is -2.08. The minimum atomic E-state index is 0.674. The third kappa shape index (κ3) is 4.45. The molecule has 5 nitrogen and oxygen atoms in total. The number of pyridine rings is 1. The molecule has 0 bridgehead atoms. The van der Waals surface area contributed by atoms with Gasteiger partial charge in [0.15, 0.2) is 0 Å². The second-order valence-corrected chi connectivity index (χ2v) is 11.1. The van der Waals surface area contributed by atoms with Gasteiger partial charge < -0.3 is 4.57 Å². The van der Waals surface area contributed by atoms with Gasteiger partial charge >= 0.3 is 0 Å². The van der Waals surface area contributed by atoms with Crippen LogP contribution >= 0.6 is 0 Å². The van der Waals surface area contributed by atoms with Gasteiger partial charge in [-0.1, -0.05) is 54.6 Å². The number of para-hydroxylation sites is 1. The average Bonchev–Trinajstić information content (AvgIpc) is 3.42. The molecule has 2 aliphatic rings. The van der Waals surface area contributed by atoms with Crippen LogP contribution in [0.15, 0.2) is 119 Å². The van der Waals surface area contributed by atoms with Gasteiger partial charge in [0.25, 0.3) is 0 Å². The zero-order chi connectivity index (χ0) is 28.8. The Morgan fingerprint density at radius 3 is 2.37 bits per heavy atom. The summed E-state index contributed by atoms with van der Waals surface area (Å²) in [5, 5.41) is 12.7. The predicted octanol–water partition coefficient (Wildman–Crippen LogP) is 8.32. The Morgan fingerprint density at radius 2 is 1.56 bits per heavy atom. The van der Waals surface area contributed by atoms with Gasteiger partial charge in [-0.25, -0.2) is 0 Å². The largest absolute Gasteiger partial charge is 0.308 e. The number of hydrogen-bond donors (Lipinski definition) is 0. The highest BCUT2D eigenvalue weighted by atomic mass is 15.0. The Bertz CT molecular complexity index is 2170. The fourth-order valence-corrected chi connectivity index (χ4v) is 6.34. The summed E-state index contributed by atoms with van der Waals surface area (Å²) in [4.78, 5) is 14.2. The molecule has 0 unspecified atom stereocenters. The van der Waals surface area contributed by atoms with Crippen molar-refractivity contribution in [3.8, 4) is 22.9 Å². The van der Waals surface area contributed by atoms with Gasteiger partial charge in [-0.3, -0.25) is 15.0 Å². The zero-order valence-corrected chi connectivity index (χ0v) is 23.5. The van der Waals surface area contributed by atoms with Crippen molar-refractivity contribution in [2.24, 2.45) is 9.98 Å². The highest BCUT2D eigenvalue weighted by Crippen LogP contribution is 2.32. The molecule has 43 heavy (non-hydrogen) atoms. The van der Waals surface area contributed by atoms with Crippen molar-refractivity contribution in [1.29, 1.82) is 5.26 Å². The molecule has 2 aromatic heterocycles. The van der Waals surface area contributed by atoms with Crippen molar-refractivity contribution in [3.63, 3.8) is 0 Å². The zero-order valence-electron chi connectivity index (χ0n) is 23.5. The Morgan fingerprint density at radius 1 is 0.744 bits per heavy atom. The molecular weight excluding hydrogens is 526 g/mol. The lowest BCUT2D eigenvalue weighted by molar-refractivity contribution is 0.939. The first-order chi connectivity index (χ1) is 21.2. The van der Waals surface area contributed by atoms with E-state index in [1.54, 1.807) is 0 Å². The second-order valence-electron chi connectivity index (χ2n) is 11.1. The lowest BCUT2D eigenvalue weighted by atomic mass is 9.96. The fourth-order valence-electron chi connectivity index (χ4n) is 6.34. The van der Waals surface area contributed by atoms with Crippen LogP contribution in [0.5, 0.6) is 0 Å². The van der Waals surface area contributed by atoms with Crippen molar-refractivity contribution in [2.75, 3.05) is 6.54 Å². The molecule has 0 spiro atoms. The molecule has 4 heterocycles. The fraction of sp³-hybridized carbons (Fsp3) is 0.105. The smallest absolute Gasteiger partial charge is 0.0991 e. The minimum absolute atomic E-state index is 0.674. The number of nitriles is 1. The number of benzene rings is 4. The van der Waals surface area contributed by atoms with E-state index >= 15 is 0 Å². The number of fused-ring (bicyclic) bond motifs is 4. The van der Waals surface area contributed by atoms with Crippen LogP contribution in [0, 0.1) is 11.3 Å². The molecule has 0 N–H and O–H groups in total. The maximum Gasteiger partial charge on any atom is 0.0991 e. The van der Waals surface area contributed by atoms with Gasteiger partial charge in [0.05, 0.1) is 34.2 Å². The topological polar surface area (TPSA) is 66.3 Å². The summed E-state index contributed by atoms with van der Waals surface area (Å²) in [6.45, 7) is 0.854. The van der Waals surface area contributed by atoms with Gasteiger partial charge in [0.1, 0.15) is 0 Å². The molecule has 6 aromatic rings. The predicted molar refractivity (Wildman–Crippen MR) is 175 cm³/mol. The number of allylic oxidation sites excluding steroid dienone is 1. The van der Waals surface area contributed by atoms with Crippen LogP contribution in [0.1, 0.15) is 40.9 Å². The maximum absolute atomic E-state index is 9.16. The average molecular weight is 554 g/mol. The first kappa shape index (κ1) is 25.1. The van der Waals surface area contributed by atoms with Crippen molar-refractivity contribution in [3.05, 3.63) is 138 Å². The van der Waals surface area contributed by atoms with E-state index < -0.39 is 0 Å².